The highest BCUT2D eigenvalue weighted by Gasteiger charge is 2.40. The zero-order valence-electron chi connectivity index (χ0n) is 17.2. The fraction of sp³-hybridized carbons (Fsp3) is 0.850. The largest absolute Gasteiger partial charge is 0.355 e. The molecule has 2 rings (SSSR count). The fourth-order valence-electron chi connectivity index (χ4n) is 3.80. The summed E-state index contributed by atoms with van der Waals surface area (Å²) in [7, 11) is 2.06. The van der Waals surface area contributed by atoms with Gasteiger partial charge in [0.1, 0.15) is 0 Å². The first-order valence-electron chi connectivity index (χ1n) is 10.3. The van der Waals surface area contributed by atoms with Crippen LogP contribution in [0, 0.1) is 11.8 Å². The van der Waals surface area contributed by atoms with Gasteiger partial charge in [0.2, 0.25) is 17.7 Å². The van der Waals surface area contributed by atoms with Crippen molar-refractivity contribution in [3.05, 3.63) is 0 Å². The van der Waals surface area contributed by atoms with Crippen LogP contribution in [0.4, 0.5) is 0 Å². The van der Waals surface area contributed by atoms with Gasteiger partial charge in [0.25, 0.3) is 0 Å². The van der Waals surface area contributed by atoms with E-state index < -0.39 is 0 Å². The van der Waals surface area contributed by atoms with Gasteiger partial charge in [-0.25, -0.2) is 0 Å². The van der Waals surface area contributed by atoms with Gasteiger partial charge >= 0.3 is 0 Å². The highest BCUT2D eigenvalue weighted by molar-refractivity contribution is 8.00. The summed E-state index contributed by atoms with van der Waals surface area (Å²) >= 11 is 1.56. The van der Waals surface area contributed by atoms with Crippen LogP contribution in [0.5, 0.6) is 0 Å². The van der Waals surface area contributed by atoms with Gasteiger partial charge in [-0.3, -0.25) is 19.3 Å². The lowest BCUT2D eigenvalue weighted by Crippen LogP contribution is -2.41. The number of amides is 3. The van der Waals surface area contributed by atoms with Crippen molar-refractivity contribution in [2.24, 2.45) is 11.8 Å². The molecular weight excluding hydrogens is 362 g/mol. The number of imide groups is 1. The molecule has 0 spiro atoms. The average molecular weight is 398 g/mol. The summed E-state index contributed by atoms with van der Waals surface area (Å²) in [6, 6.07) is 0.476. The molecule has 0 aromatic carbocycles. The normalized spacial score (nSPS) is 26.3. The molecule has 1 saturated heterocycles. The molecule has 0 aromatic heterocycles. The number of hydrogen-bond donors (Lipinski definition) is 1. The maximum Gasteiger partial charge on any atom is 0.242 e. The van der Waals surface area contributed by atoms with Gasteiger partial charge < -0.3 is 10.2 Å². The molecule has 2 fully saturated rings. The molecule has 6 nitrogen and oxygen atoms in total. The molecule has 1 N–H and O–H groups in total. The maximum absolute atomic E-state index is 12.4. The number of rotatable bonds is 9. The Morgan fingerprint density at radius 1 is 1.26 bits per heavy atom. The van der Waals surface area contributed by atoms with E-state index in [0.29, 0.717) is 31.5 Å². The molecule has 0 aromatic rings. The number of likely N-dealkylation sites (N-methyl/N-ethyl adjacent to an activating group) is 1. The zero-order valence-corrected chi connectivity index (χ0v) is 18.0. The first-order valence-corrected chi connectivity index (χ1v) is 11.3. The summed E-state index contributed by atoms with van der Waals surface area (Å²) in [4.78, 5) is 40.6. The Balaban J connectivity index is 1.71. The topological polar surface area (TPSA) is 69.7 Å². The lowest BCUT2D eigenvalue weighted by molar-refractivity contribution is -0.139. The second kappa shape index (κ2) is 10.5. The number of nitrogens with one attached hydrogen (secondary N) is 1. The zero-order chi connectivity index (χ0) is 20.0. The van der Waals surface area contributed by atoms with Gasteiger partial charge in [0.15, 0.2) is 0 Å². The smallest absolute Gasteiger partial charge is 0.242 e. The van der Waals surface area contributed by atoms with Crippen LogP contribution in [-0.2, 0) is 14.4 Å². The van der Waals surface area contributed by atoms with E-state index in [0.717, 1.165) is 38.0 Å². The van der Waals surface area contributed by atoms with E-state index in [1.165, 1.54) is 4.90 Å². The van der Waals surface area contributed by atoms with E-state index in [-0.39, 0.29) is 28.9 Å². The molecule has 1 saturated carbocycles. The Labute approximate surface area is 167 Å². The number of likely N-dealkylation sites (tertiary alicyclic amines) is 1. The maximum atomic E-state index is 12.4. The molecule has 1 atom stereocenters. The van der Waals surface area contributed by atoms with Crippen molar-refractivity contribution in [3.63, 3.8) is 0 Å². The molecule has 0 bridgehead atoms. The number of carbonyl (C=O) groups is 3. The molecule has 1 unspecified atom stereocenters. The molecule has 1 heterocycles. The van der Waals surface area contributed by atoms with Crippen molar-refractivity contribution < 1.29 is 14.4 Å². The van der Waals surface area contributed by atoms with E-state index in [4.69, 9.17) is 0 Å². The molecule has 7 heteroatoms. The second-order valence-electron chi connectivity index (χ2n) is 8.07. The van der Waals surface area contributed by atoms with Crippen LogP contribution in [0.15, 0.2) is 0 Å². The van der Waals surface area contributed by atoms with Crippen molar-refractivity contribution in [3.8, 4) is 0 Å². The van der Waals surface area contributed by atoms with Crippen molar-refractivity contribution >= 4 is 29.5 Å². The quantitative estimate of drug-likeness (QED) is 0.604. The Bertz CT molecular complexity index is 533. The number of hydrogen-bond acceptors (Lipinski definition) is 5. The molecule has 1 aliphatic carbocycles. The molecule has 0 radical (unpaired) electrons. The van der Waals surface area contributed by atoms with Gasteiger partial charge in [0, 0.05) is 38.0 Å². The Morgan fingerprint density at radius 2 is 1.93 bits per heavy atom. The first-order chi connectivity index (χ1) is 12.8. The third-order valence-corrected chi connectivity index (χ3v) is 6.98. The number of nitrogens with zero attached hydrogens (tertiary/aromatic N) is 2. The molecule has 3 amide bonds. The average Bonchev–Trinajstić information content (AvgIpc) is 2.90. The number of thioether (sulfide) groups is 1. The first kappa shape index (κ1) is 22.2. The second-order valence-corrected chi connectivity index (χ2v) is 9.55. The summed E-state index contributed by atoms with van der Waals surface area (Å²) < 4.78 is 0. The van der Waals surface area contributed by atoms with Gasteiger partial charge in [0.05, 0.1) is 5.25 Å². The molecule has 27 heavy (non-hydrogen) atoms. The lowest BCUT2D eigenvalue weighted by Gasteiger charge is -2.30. The summed E-state index contributed by atoms with van der Waals surface area (Å²) in [6.45, 7) is 8.37. The highest BCUT2D eigenvalue weighted by atomic mass is 32.2. The SMILES string of the molecule is CCSC1CC(=O)N(CC2CCC(C(=O)NCCN(C)C(C)C)CC2)C1=O. The van der Waals surface area contributed by atoms with E-state index in [9.17, 15) is 14.4 Å². The van der Waals surface area contributed by atoms with Crippen molar-refractivity contribution in [1.82, 2.24) is 15.1 Å². The Hall–Kier alpha value is -1.08. The number of carbonyl (C=O) groups excluding carboxylic acids is 3. The molecule has 2 aliphatic rings. The van der Waals surface area contributed by atoms with Crippen molar-refractivity contribution in [2.45, 2.75) is 64.2 Å². The van der Waals surface area contributed by atoms with Gasteiger partial charge in [-0.2, -0.15) is 0 Å². The van der Waals surface area contributed by atoms with Gasteiger partial charge in [-0.1, -0.05) is 6.92 Å². The van der Waals surface area contributed by atoms with Crippen LogP contribution in [-0.4, -0.2) is 71.2 Å². The van der Waals surface area contributed by atoms with E-state index >= 15 is 0 Å². The van der Waals surface area contributed by atoms with Crippen molar-refractivity contribution in [2.75, 3.05) is 32.4 Å². The minimum Gasteiger partial charge on any atom is -0.355 e. The van der Waals surface area contributed by atoms with E-state index in [1.807, 2.05) is 6.92 Å². The summed E-state index contributed by atoms with van der Waals surface area (Å²) in [5.74, 6) is 1.36. The van der Waals surface area contributed by atoms with E-state index in [2.05, 4.69) is 31.1 Å². The minimum absolute atomic E-state index is 0.0130. The van der Waals surface area contributed by atoms with Crippen LogP contribution in [0.25, 0.3) is 0 Å². The van der Waals surface area contributed by atoms with Gasteiger partial charge in [-0.05, 0) is 58.2 Å². The Morgan fingerprint density at radius 3 is 2.52 bits per heavy atom. The lowest BCUT2D eigenvalue weighted by atomic mass is 9.81. The third-order valence-electron chi connectivity index (χ3n) is 5.87. The highest BCUT2D eigenvalue weighted by Crippen LogP contribution is 2.32. The monoisotopic (exact) mass is 397 g/mol. The predicted octanol–water partition coefficient (Wildman–Crippen LogP) is 2.13. The van der Waals surface area contributed by atoms with Crippen LogP contribution in [0.3, 0.4) is 0 Å². The predicted molar refractivity (Wildman–Crippen MR) is 109 cm³/mol. The van der Waals surface area contributed by atoms with Crippen molar-refractivity contribution in [1.29, 1.82) is 0 Å². The van der Waals surface area contributed by atoms with Crippen LogP contribution in [0.1, 0.15) is 52.9 Å². The summed E-state index contributed by atoms with van der Waals surface area (Å²) in [6.07, 6.45) is 3.86. The summed E-state index contributed by atoms with van der Waals surface area (Å²) in [5, 5.41) is 2.87. The van der Waals surface area contributed by atoms with Crippen LogP contribution < -0.4 is 5.32 Å². The minimum atomic E-state index is -0.186. The van der Waals surface area contributed by atoms with Crippen LogP contribution >= 0.6 is 11.8 Å². The molecule has 1 aliphatic heterocycles. The molecule has 154 valence electrons. The third kappa shape index (κ3) is 6.21. The standard InChI is InChI=1S/C20H35N3O3S/c1-5-27-17-12-18(24)23(20(17)26)13-15-6-8-16(9-7-15)19(25)21-10-11-22(4)14(2)3/h14-17H,5-13H2,1-4H3,(H,21,25). The Kier molecular flexibility index (Phi) is 8.61. The molecular formula is C20H35N3O3S. The van der Waals surface area contributed by atoms with Gasteiger partial charge in [-0.15, -0.1) is 11.8 Å². The van der Waals surface area contributed by atoms with Crippen LogP contribution in [0.2, 0.25) is 0 Å². The van der Waals surface area contributed by atoms with E-state index in [1.54, 1.807) is 11.8 Å². The summed E-state index contributed by atoms with van der Waals surface area (Å²) in [5.41, 5.74) is 0. The fourth-order valence-corrected chi connectivity index (χ4v) is 4.73.